The number of carbonyl (C=O) groups is 1. The fourth-order valence-corrected chi connectivity index (χ4v) is 1.80. The summed E-state index contributed by atoms with van der Waals surface area (Å²) < 4.78 is 23.9. The summed E-state index contributed by atoms with van der Waals surface area (Å²) in [7, 11) is 0. The minimum absolute atomic E-state index is 0.0967. The molecule has 0 aliphatic rings. The van der Waals surface area contributed by atoms with Crippen molar-refractivity contribution in [2.45, 2.75) is 6.92 Å². The highest BCUT2D eigenvalue weighted by Gasteiger charge is 2.10. The number of aromatic carboxylic acids is 1. The topological polar surface area (TPSA) is 55.8 Å². The van der Waals surface area contributed by atoms with Gasteiger partial charge >= 0.3 is 5.97 Å². The summed E-state index contributed by atoms with van der Waals surface area (Å²) in [4.78, 5) is 11.0. The van der Waals surface area contributed by atoms with Crippen LogP contribution in [0.5, 0.6) is 11.5 Å². The van der Waals surface area contributed by atoms with Crippen LogP contribution in [0.3, 0.4) is 0 Å². The molecule has 0 bridgehead atoms. The highest BCUT2D eigenvalue weighted by atomic mass is 19.1. The highest BCUT2D eigenvalue weighted by Crippen LogP contribution is 2.20. The van der Waals surface area contributed by atoms with Gasteiger partial charge < -0.3 is 14.6 Å². The molecule has 0 radical (unpaired) electrons. The lowest BCUT2D eigenvalue weighted by Gasteiger charge is -2.11. The Bertz CT molecular complexity index is 640. The standard InChI is InChI=1S/C16H15FO4/c1-11-6-7-12(17)10-15(11)21-9-8-20-14-5-3-2-4-13(14)16(18)19/h2-7,10H,8-9H2,1H3,(H,18,19). The van der Waals surface area contributed by atoms with Crippen LogP contribution in [0.2, 0.25) is 0 Å². The molecule has 0 atom stereocenters. The maximum Gasteiger partial charge on any atom is 0.339 e. The van der Waals surface area contributed by atoms with Gasteiger partial charge in [0.05, 0.1) is 0 Å². The zero-order valence-corrected chi connectivity index (χ0v) is 11.5. The molecule has 21 heavy (non-hydrogen) atoms. The van der Waals surface area contributed by atoms with E-state index in [0.29, 0.717) is 5.75 Å². The number of para-hydroxylation sites is 1. The average molecular weight is 290 g/mol. The molecule has 0 aliphatic heterocycles. The molecule has 2 aromatic carbocycles. The quantitative estimate of drug-likeness (QED) is 0.829. The predicted molar refractivity (Wildman–Crippen MR) is 75.5 cm³/mol. The Morgan fingerprint density at radius 1 is 1.10 bits per heavy atom. The van der Waals surface area contributed by atoms with Gasteiger partial charge in [0.1, 0.15) is 36.1 Å². The van der Waals surface area contributed by atoms with Crippen LogP contribution >= 0.6 is 0 Å². The zero-order valence-electron chi connectivity index (χ0n) is 11.5. The van der Waals surface area contributed by atoms with Gasteiger partial charge in [-0.15, -0.1) is 0 Å². The average Bonchev–Trinajstić information content (AvgIpc) is 2.47. The molecule has 1 N–H and O–H groups in total. The lowest BCUT2D eigenvalue weighted by atomic mass is 10.2. The van der Waals surface area contributed by atoms with Crippen molar-refractivity contribution in [1.82, 2.24) is 0 Å². The van der Waals surface area contributed by atoms with E-state index >= 15 is 0 Å². The van der Waals surface area contributed by atoms with Crippen LogP contribution in [-0.4, -0.2) is 24.3 Å². The summed E-state index contributed by atoms with van der Waals surface area (Å²) >= 11 is 0. The van der Waals surface area contributed by atoms with Crippen molar-refractivity contribution in [3.8, 4) is 11.5 Å². The maximum absolute atomic E-state index is 13.1. The molecule has 5 heteroatoms. The Morgan fingerprint density at radius 2 is 1.76 bits per heavy atom. The Labute approximate surface area is 121 Å². The normalized spacial score (nSPS) is 10.2. The summed E-state index contributed by atoms with van der Waals surface area (Å²) in [5.41, 5.74) is 0.918. The van der Waals surface area contributed by atoms with E-state index < -0.39 is 5.97 Å². The molecular weight excluding hydrogens is 275 g/mol. The van der Waals surface area contributed by atoms with Crippen molar-refractivity contribution in [2.75, 3.05) is 13.2 Å². The molecule has 0 saturated heterocycles. The number of hydrogen-bond acceptors (Lipinski definition) is 3. The van der Waals surface area contributed by atoms with E-state index in [4.69, 9.17) is 14.6 Å². The molecular formula is C16H15FO4. The molecule has 0 fully saturated rings. The van der Waals surface area contributed by atoms with Crippen LogP contribution < -0.4 is 9.47 Å². The smallest absolute Gasteiger partial charge is 0.339 e. The molecule has 2 aromatic rings. The minimum atomic E-state index is -1.05. The van der Waals surface area contributed by atoms with E-state index in [1.807, 2.05) is 6.92 Å². The lowest BCUT2D eigenvalue weighted by Crippen LogP contribution is -2.11. The fourth-order valence-electron chi connectivity index (χ4n) is 1.80. The monoisotopic (exact) mass is 290 g/mol. The number of aryl methyl sites for hydroxylation is 1. The molecule has 0 unspecified atom stereocenters. The number of carboxylic acid groups (broad SMARTS) is 1. The number of benzene rings is 2. The molecule has 0 aromatic heterocycles. The minimum Gasteiger partial charge on any atom is -0.490 e. The van der Waals surface area contributed by atoms with Crippen molar-refractivity contribution < 1.29 is 23.8 Å². The first kappa shape index (κ1) is 14.8. The second-order valence-electron chi connectivity index (χ2n) is 4.41. The third-order valence-electron chi connectivity index (χ3n) is 2.87. The van der Waals surface area contributed by atoms with Gasteiger partial charge in [0.25, 0.3) is 0 Å². The first-order valence-corrected chi connectivity index (χ1v) is 6.42. The summed E-state index contributed by atoms with van der Waals surface area (Å²) in [5.74, 6) is -0.685. The van der Waals surface area contributed by atoms with Gasteiger partial charge in [0.15, 0.2) is 0 Å². The van der Waals surface area contributed by atoms with Crippen LogP contribution in [0.25, 0.3) is 0 Å². The lowest BCUT2D eigenvalue weighted by molar-refractivity contribution is 0.0691. The number of carboxylic acids is 1. The Kier molecular flexibility index (Phi) is 4.77. The molecule has 0 amide bonds. The number of hydrogen-bond donors (Lipinski definition) is 1. The summed E-state index contributed by atoms with van der Waals surface area (Å²) in [5, 5.41) is 9.01. The zero-order chi connectivity index (χ0) is 15.2. The number of halogens is 1. The summed E-state index contributed by atoms with van der Waals surface area (Å²) in [6.45, 7) is 2.17. The molecule has 2 rings (SSSR count). The largest absolute Gasteiger partial charge is 0.490 e. The summed E-state index contributed by atoms with van der Waals surface area (Å²) in [6, 6.07) is 10.7. The third-order valence-corrected chi connectivity index (χ3v) is 2.87. The molecule has 110 valence electrons. The van der Waals surface area contributed by atoms with Crippen LogP contribution in [0.1, 0.15) is 15.9 Å². The van der Waals surface area contributed by atoms with Crippen LogP contribution in [-0.2, 0) is 0 Å². The van der Waals surface area contributed by atoms with Gasteiger partial charge in [-0.2, -0.15) is 0 Å². The van der Waals surface area contributed by atoms with E-state index in [9.17, 15) is 9.18 Å². The molecule has 0 heterocycles. The Hall–Kier alpha value is -2.56. The van der Waals surface area contributed by atoms with E-state index in [1.165, 1.54) is 18.2 Å². The second kappa shape index (κ2) is 6.74. The molecule has 0 saturated carbocycles. The molecule has 0 spiro atoms. The van der Waals surface area contributed by atoms with Gasteiger partial charge in [-0.25, -0.2) is 9.18 Å². The van der Waals surface area contributed by atoms with E-state index in [2.05, 4.69) is 0 Å². The van der Waals surface area contributed by atoms with Gasteiger partial charge in [0, 0.05) is 6.07 Å². The number of ether oxygens (including phenoxy) is 2. The second-order valence-corrected chi connectivity index (χ2v) is 4.41. The molecule has 4 nitrogen and oxygen atoms in total. The van der Waals surface area contributed by atoms with Crippen LogP contribution in [0, 0.1) is 12.7 Å². The van der Waals surface area contributed by atoms with Gasteiger partial charge in [-0.05, 0) is 30.7 Å². The van der Waals surface area contributed by atoms with E-state index in [1.54, 1.807) is 24.3 Å². The first-order chi connectivity index (χ1) is 10.1. The van der Waals surface area contributed by atoms with Crippen molar-refractivity contribution in [3.05, 3.63) is 59.4 Å². The fraction of sp³-hybridized carbons (Fsp3) is 0.188. The predicted octanol–water partition coefficient (Wildman–Crippen LogP) is 3.29. The molecule has 0 aliphatic carbocycles. The van der Waals surface area contributed by atoms with Gasteiger partial charge in [-0.1, -0.05) is 18.2 Å². The third kappa shape index (κ3) is 3.95. The van der Waals surface area contributed by atoms with Crippen LogP contribution in [0.15, 0.2) is 42.5 Å². The first-order valence-electron chi connectivity index (χ1n) is 6.42. The van der Waals surface area contributed by atoms with Crippen molar-refractivity contribution in [1.29, 1.82) is 0 Å². The Morgan fingerprint density at radius 3 is 2.48 bits per heavy atom. The van der Waals surface area contributed by atoms with Gasteiger partial charge in [-0.3, -0.25) is 0 Å². The van der Waals surface area contributed by atoms with Crippen molar-refractivity contribution in [2.24, 2.45) is 0 Å². The van der Waals surface area contributed by atoms with Crippen LogP contribution in [0.4, 0.5) is 4.39 Å². The highest BCUT2D eigenvalue weighted by molar-refractivity contribution is 5.90. The van der Waals surface area contributed by atoms with E-state index in [-0.39, 0.29) is 30.3 Å². The van der Waals surface area contributed by atoms with Crippen molar-refractivity contribution >= 4 is 5.97 Å². The van der Waals surface area contributed by atoms with Crippen molar-refractivity contribution in [3.63, 3.8) is 0 Å². The summed E-state index contributed by atoms with van der Waals surface area (Å²) in [6.07, 6.45) is 0. The SMILES string of the molecule is Cc1ccc(F)cc1OCCOc1ccccc1C(=O)O. The van der Waals surface area contributed by atoms with E-state index in [0.717, 1.165) is 5.56 Å². The maximum atomic E-state index is 13.1. The van der Waals surface area contributed by atoms with Gasteiger partial charge in [0.2, 0.25) is 0 Å². The number of rotatable bonds is 6. The Balaban J connectivity index is 1.91.